The van der Waals surface area contributed by atoms with Crippen molar-refractivity contribution in [2.45, 2.75) is 23.8 Å². The minimum atomic E-state index is -3.87. The summed E-state index contributed by atoms with van der Waals surface area (Å²) in [6.07, 6.45) is 0.626. The lowest BCUT2D eigenvalue weighted by molar-refractivity contribution is -0.144. The molecule has 0 aromatic heterocycles. The average molecular weight is 583 g/mol. The summed E-state index contributed by atoms with van der Waals surface area (Å²) in [7, 11) is -1.10. The average Bonchev–Trinajstić information content (AvgIpc) is 3.35. The Kier molecular flexibility index (Phi) is 7.77. The number of aliphatic hydroxyl groups is 1. The molecule has 2 saturated heterocycles. The van der Waals surface area contributed by atoms with Crippen molar-refractivity contribution in [3.63, 3.8) is 0 Å². The number of sulfonamides is 1. The van der Waals surface area contributed by atoms with Crippen LogP contribution >= 0.6 is 0 Å². The third kappa shape index (κ3) is 4.55. The van der Waals surface area contributed by atoms with E-state index in [9.17, 15) is 27.9 Å². The van der Waals surface area contributed by atoms with E-state index in [0.29, 0.717) is 57.1 Å². The van der Waals surface area contributed by atoms with Gasteiger partial charge in [-0.2, -0.15) is 0 Å². The van der Waals surface area contributed by atoms with Gasteiger partial charge < -0.3 is 19.6 Å². The highest BCUT2D eigenvalue weighted by Crippen LogP contribution is 2.53. The SMILES string of the molecule is CCCN1C(=O)C2(/C(=C(/O)c3cccc(S(=O)(=O)N(C)C)c3)C(=O)C(=O)N2CCN2CCOCC2)c2ccccc21. The minimum absolute atomic E-state index is 0.0118. The number of anilines is 1. The van der Waals surface area contributed by atoms with Crippen LogP contribution in [0.5, 0.6) is 0 Å². The van der Waals surface area contributed by atoms with Gasteiger partial charge in [-0.1, -0.05) is 37.3 Å². The second-order valence-corrected chi connectivity index (χ2v) is 12.6. The molecule has 1 unspecified atom stereocenters. The number of rotatable bonds is 8. The zero-order chi connectivity index (χ0) is 29.5. The van der Waals surface area contributed by atoms with Gasteiger partial charge in [-0.05, 0) is 24.6 Å². The number of aliphatic hydroxyl groups excluding tert-OH is 1. The molecule has 41 heavy (non-hydrogen) atoms. The molecular weight excluding hydrogens is 548 g/mol. The van der Waals surface area contributed by atoms with Crippen molar-refractivity contribution >= 4 is 39.1 Å². The van der Waals surface area contributed by atoms with Crippen LogP contribution in [0.4, 0.5) is 5.69 Å². The van der Waals surface area contributed by atoms with Gasteiger partial charge in [0, 0.05) is 57.9 Å². The van der Waals surface area contributed by atoms with Gasteiger partial charge in [-0.15, -0.1) is 0 Å². The number of para-hydroxylation sites is 1. The smallest absolute Gasteiger partial charge is 0.296 e. The van der Waals surface area contributed by atoms with Gasteiger partial charge in [0.2, 0.25) is 10.0 Å². The van der Waals surface area contributed by atoms with E-state index in [2.05, 4.69) is 4.90 Å². The lowest BCUT2D eigenvalue weighted by Gasteiger charge is -2.36. The first-order chi connectivity index (χ1) is 19.6. The van der Waals surface area contributed by atoms with Crippen LogP contribution in [0, 0.1) is 0 Å². The van der Waals surface area contributed by atoms with E-state index in [1.54, 1.807) is 29.2 Å². The third-order valence-electron chi connectivity index (χ3n) is 7.89. The molecule has 3 heterocycles. The number of benzene rings is 2. The number of fused-ring (bicyclic) bond motifs is 2. The molecule has 3 aliphatic rings. The van der Waals surface area contributed by atoms with Crippen molar-refractivity contribution in [2.24, 2.45) is 0 Å². The number of carbonyl (C=O) groups is 3. The molecule has 12 heteroatoms. The Labute approximate surface area is 239 Å². The number of morpholine rings is 1. The van der Waals surface area contributed by atoms with E-state index < -0.39 is 38.9 Å². The maximum absolute atomic E-state index is 14.5. The minimum Gasteiger partial charge on any atom is -0.507 e. The first kappa shape index (κ1) is 28.9. The second kappa shape index (κ2) is 11.0. The molecule has 2 aromatic rings. The van der Waals surface area contributed by atoms with E-state index in [4.69, 9.17) is 4.74 Å². The number of hydrogen-bond donors (Lipinski definition) is 1. The first-order valence-electron chi connectivity index (χ1n) is 13.6. The van der Waals surface area contributed by atoms with Crippen LogP contribution in [0.3, 0.4) is 0 Å². The zero-order valence-corrected chi connectivity index (χ0v) is 24.2. The maximum atomic E-state index is 14.5. The van der Waals surface area contributed by atoms with Crippen LogP contribution < -0.4 is 4.90 Å². The molecule has 3 aliphatic heterocycles. The summed E-state index contributed by atoms with van der Waals surface area (Å²) in [4.78, 5) is 46.9. The number of nitrogens with zero attached hydrogens (tertiary/aromatic N) is 4. The van der Waals surface area contributed by atoms with Crippen molar-refractivity contribution in [3.8, 4) is 0 Å². The Morgan fingerprint density at radius 1 is 1.00 bits per heavy atom. The number of Topliss-reactive ketones (excluding diaryl/α,β-unsaturated/α-hetero) is 1. The van der Waals surface area contributed by atoms with Gasteiger partial charge in [-0.3, -0.25) is 19.3 Å². The Balaban J connectivity index is 1.72. The van der Waals surface area contributed by atoms with Crippen LogP contribution in [-0.4, -0.2) is 105 Å². The first-order valence-corrected chi connectivity index (χ1v) is 15.0. The molecule has 2 aromatic carbocycles. The second-order valence-electron chi connectivity index (χ2n) is 10.5. The standard InChI is InChI=1S/C29H34N4O7S/c1-4-12-32-23-11-6-5-10-22(23)29(28(32)37)24(25(34)20-8-7-9-21(19-20)41(38,39)30(2)3)26(35)27(36)33(29)14-13-31-15-17-40-18-16-31/h5-11,19,34H,4,12-18H2,1-3H3/b25-24+. The normalized spacial score (nSPS) is 22.8. The zero-order valence-electron chi connectivity index (χ0n) is 23.4. The van der Waals surface area contributed by atoms with Crippen molar-refractivity contribution in [1.29, 1.82) is 0 Å². The Hall–Kier alpha value is -3.58. The molecule has 2 fully saturated rings. The Morgan fingerprint density at radius 2 is 1.71 bits per heavy atom. The molecule has 0 bridgehead atoms. The number of hydrogen-bond acceptors (Lipinski definition) is 8. The topological polar surface area (TPSA) is 128 Å². The Bertz CT molecular complexity index is 1530. The molecule has 1 spiro atoms. The summed E-state index contributed by atoms with van der Waals surface area (Å²) in [6.45, 7) is 5.13. The highest BCUT2D eigenvalue weighted by atomic mass is 32.2. The van der Waals surface area contributed by atoms with Crippen LogP contribution in [0.1, 0.15) is 24.5 Å². The number of likely N-dealkylation sites (tertiary alicyclic amines) is 1. The molecule has 0 aliphatic carbocycles. The molecule has 1 N–H and O–H groups in total. The monoisotopic (exact) mass is 582 g/mol. The predicted molar refractivity (Wildman–Crippen MR) is 152 cm³/mol. The quantitative estimate of drug-likeness (QED) is 0.283. The molecule has 218 valence electrons. The molecule has 0 saturated carbocycles. The van der Waals surface area contributed by atoms with Crippen molar-refractivity contribution < 1.29 is 32.6 Å². The summed E-state index contributed by atoms with van der Waals surface area (Å²) in [5.74, 6) is -2.99. The highest BCUT2D eigenvalue weighted by molar-refractivity contribution is 7.89. The van der Waals surface area contributed by atoms with E-state index >= 15 is 0 Å². The van der Waals surface area contributed by atoms with E-state index in [-0.39, 0.29) is 22.6 Å². The largest absolute Gasteiger partial charge is 0.507 e. The highest BCUT2D eigenvalue weighted by Gasteiger charge is 2.67. The molecule has 0 radical (unpaired) electrons. The third-order valence-corrected chi connectivity index (χ3v) is 9.70. The molecule has 5 rings (SSSR count). The number of carbonyl (C=O) groups excluding carboxylic acids is 3. The summed E-state index contributed by atoms with van der Waals surface area (Å²) in [5, 5.41) is 11.7. The number of ether oxygens (including phenoxy) is 1. The molecule has 2 amide bonds. The lowest BCUT2D eigenvalue weighted by Crippen LogP contribution is -2.54. The van der Waals surface area contributed by atoms with Crippen molar-refractivity contribution in [1.82, 2.24) is 14.1 Å². The van der Waals surface area contributed by atoms with Crippen LogP contribution in [-0.2, 0) is 34.7 Å². The summed E-state index contributed by atoms with van der Waals surface area (Å²) in [5.41, 5.74) is -1.25. The molecule has 11 nitrogen and oxygen atoms in total. The summed E-state index contributed by atoms with van der Waals surface area (Å²) in [6, 6.07) is 12.5. The van der Waals surface area contributed by atoms with Crippen molar-refractivity contribution in [3.05, 3.63) is 65.2 Å². The maximum Gasteiger partial charge on any atom is 0.296 e. The van der Waals surface area contributed by atoms with E-state index in [0.717, 1.165) is 4.31 Å². The van der Waals surface area contributed by atoms with E-state index in [1.807, 2.05) is 6.92 Å². The number of ketones is 1. The van der Waals surface area contributed by atoms with E-state index in [1.165, 1.54) is 43.3 Å². The van der Waals surface area contributed by atoms with Gasteiger partial charge in [0.25, 0.3) is 17.6 Å². The van der Waals surface area contributed by atoms with Gasteiger partial charge in [0.15, 0.2) is 5.54 Å². The van der Waals surface area contributed by atoms with Crippen molar-refractivity contribution in [2.75, 3.05) is 64.9 Å². The van der Waals surface area contributed by atoms with Crippen LogP contribution in [0.25, 0.3) is 5.76 Å². The predicted octanol–water partition coefficient (Wildman–Crippen LogP) is 1.60. The summed E-state index contributed by atoms with van der Waals surface area (Å²) >= 11 is 0. The van der Waals surface area contributed by atoms with Gasteiger partial charge in [0.05, 0.1) is 29.4 Å². The fourth-order valence-electron chi connectivity index (χ4n) is 5.84. The fourth-order valence-corrected chi connectivity index (χ4v) is 6.79. The van der Waals surface area contributed by atoms with Gasteiger partial charge in [-0.25, -0.2) is 12.7 Å². The number of amides is 2. The lowest BCUT2D eigenvalue weighted by atomic mass is 9.82. The fraction of sp³-hybridized carbons (Fsp3) is 0.414. The molecule has 1 atom stereocenters. The van der Waals surface area contributed by atoms with Crippen LogP contribution in [0.2, 0.25) is 0 Å². The summed E-state index contributed by atoms with van der Waals surface area (Å²) < 4.78 is 32.1. The van der Waals surface area contributed by atoms with Gasteiger partial charge >= 0.3 is 0 Å². The molecular formula is C29H34N4O7S. The van der Waals surface area contributed by atoms with Crippen LogP contribution in [0.15, 0.2) is 59.0 Å². The Morgan fingerprint density at radius 3 is 2.39 bits per heavy atom. The van der Waals surface area contributed by atoms with Gasteiger partial charge in [0.1, 0.15) is 5.76 Å².